The Morgan fingerprint density at radius 2 is 2.04 bits per heavy atom. The van der Waals surface area contributed by atoms with Crippen molar-refractivity contribution in [2.45, 2.75) is 0 Å². The molecule has 0 aliphatic carbocycles. The van der Waals surface area contributed by atoms with E-state index in [-0.39, 0.29) is 5.91 Å². The Morgan fingerprint density at radius 3 is 2.75 bits per heavy atom. The molecule has 24 heavy (non-hydrogen) atoms. The molecule has 0 aliphatic rings. The highest BCUT2D eigenvalue weighted by molar-refractivity contribution is 6.30. The predicted molar refractivity (Wildman–Crippen MR) is 99.9 cm³/mol. The average Bonchev–Trinajstić information content (AvgIpc) is 2.90. The number of carbonyl (C=O) groups is 1. The maximum absolute atomic E-state index is 11.5. The number of hydrogen-bond donors (Lipinski definition) is 1. The molecule has 0 atom stereocenters. The Balaban J connectivity index is 1.97. The van der Waals surface area contributed by atoms with Crippen LogP contribution in [0.1, 0.15) is 11.1 Å². The zero-order valence-electron chi connectivity index (χ0n) is 13.2. The van der Waals surface area contributed by atoms with E-state index >= 15 is 0 Å². The number of anilines is 1. The molecular weight excluding hydrogens is 322 g/mol. The lowest BCUT2D eigenvalue weighted by Gasteiger charge is -2.02. The van der Waals surface area contributed by atoms with Gasteiger partial charge in [0.15, 0.2) is 0 Å². The summed E-state index contributed by atoms with van der Waals surface area (Å²) in [4.78, 5) is 15.9. The van der Waals surface area contributed by atoms with Crippen molar-refractivity contribution < 1.29 is 4.79 Å². The maximum Gasteiger partial charge on any atom is 0.247 e. The number of carbonyl (C=O) groups excluding carboxylic acids is 1. The topological polar surface area (TPSA) is 46.9 Å². The summed E-state index contributed by atoms with van der Waals surface area (Å²) in [5.41, 5.74) is 3.56. The van der Waals surface area contributed by atoms with Crippen LogP contribution in [-0.4, -0.2) is 15.5 Å². The lowest BCUT2D eigenvalue weighted by Crippen LogP contribution is -2.07. The molecule has 120 valence electrons. The summed E-state index contributed by atoms with van der Waals surface area (Å²) in [5.74, 6) is -0.259. The van der Waals surface area contributed by atoms with E-state index in [2.05, 4.69) is 16.9 Å². The molecule has 3 rings (SSSR count). The second kappa shape index (κ2) is 6.72. The fourth-order valence-electron chi connectivity index (χ4n) is 2.44. The van der Waals surface area contributed by atoms with Gasteiger partial charge in [0, 0.05) is 29.2 Å². The van der Waals surface area contributed by atoms with E-state index in [9.17, 15) is 4.79 Å². The van der Waals surface area contributed by atoms with Gasteiger partial charge in [-0.05, 0) is 29.8 Å². The molecule has 0 unspecified atom stereocenters. The van der Waals surface area contributed by atoms with Crippen LogP contribution in [0.3, 0.4) is 0 Å². The van der Waals surface area contributed by atoms with Crippen LogP contribution in [0.15, 0.2) is 55.4 Å². The van der Waals surface area contributed by atoms with Gasteiger partial charge in [-0.25, -0.2) is 4.98 Å². The molecule has 0 saturated heterocycles. The number of pyridine rings is 1. The van der Waals surface area contributed by atoms with Gasteiger partial charge in [-0.15, -0.1) is 0 Å². The first-order valence-electron chi connectivity index (χ1n) is 7.39. The minimum Gasteiger partial charge on any atom is -0.335 e. The van der Waals surface area contributed by atoms with Crippen molar-refractivity contribution in [3.8, 4) is 0 Å². The van der Waals surface area contributed by atoms with Gasteiger partial charge in [-0.3, -0.25) is 4.79 Å². The van der Waals surface area contributed by atoms with Crippen LogP contribution >= 0.6 is 11.6 Å². The second-order valence-corrected chi connectivity index (χ2v) is 5.81. The van der Waals surface area contributed by atoms with Crippen molar-refractivity contribution >= 4 is 46.4 Å². The van der Waals surface area contributed by atoms with Crippen LogP contribution in [0.5, 0.6) is 0 Å². The Hall–Kier alpha value is -2.85. The van der Waals surface area contributed by atoms with E-state index in [1.54, 1.807) is 6.20 Å². The summed E-state index contributed by atoms with van der Waals surface area (Å²) in [6, 6.07) is 9.53. The molecule has 0 saturated carbocycles. The molecule has 0 aliphatic heterocycles. The van der Waals surface area contributed by atoms with Gasteiger partial charge in [-0.1, -0.05) is 42.5 Å². The molecule has 5 heteroatoms. The van der Waals surface area contributed by atoms with E-state index in [1.807, 2.05) is 60.3 Å². The highest BCUT2D eigenvalue weighted by Gasteiger charge is 2.08. The van der Waals surface area contributed by atoms with Crippen LogP contribution < -0.4 is 5.32 Å². The Bertz CT molecular complexity index is 939. The van der Waals surface area contributed by atoms with Crippen LogP contribution in [0, 0.1) is 0 Å². The summed E-state index contributed by atoms with van der Waals surface area (Å²) < 4.78 is 1.95. The van der Waals surface area contributed by atoms with Crippen molar-refractivity contribution in [1.29, 1.82) is 0 Å². The predicted octanol–water partition coefficient (Wildman–Crippen LogP) is 4.52. The zero-order valence-corrected chi connectivity index (χ0v) is 13.9. The Morgan fingerprint density at radius 1 is 1.29 bits per heavy atom. The maximum atomic E-state index is 11.5. The van der Waals surface area contributed by atoms with Crippen molar-refractivity contribution in [3.05, 3.63) is 71.5 Å². The van der Waals surface area contributed by atoms with Gasteiger partial charge in [-0.2, -0.15) is 0 Å². The molecular formula is C19H16ClN3O. The summed E-state index contributed by atoms with van der Waals surface area (Å²) >= 11 is 5.90. The Labute approximate surface area is 145 Å². The minimum atomic E-state index is -0.259. The van der Waals surface area contributed by atoms with E-state index in [1.165, 1.54) is 6.08 Å². The molecule has 1 N–H and O–H groups in total. The molecule has 1 amide bonds. The van der Waals surface area contributed by atoms with Crippen LogP contribution in [0.2, 0.25) is 5.02 Å². The molecule has 2 heterocycles. The van der Waals surface area contributed by atoms with Gasteiger partial charge in [0.2, 0.25) is 5.91 Å². The third-order valence-corrected chi connectivity index (χ3v) is 3.87. The van der Waals surface area contributed by atoms with Crippen molar-refractivity contribution in [2.24, 2.45) is 7.05 Å². The second-order valence-electron chi connectivity index (χ2n) is 5.37. The van der Waals surface area contributed by atoms with Gasteiger partial charge in [0.1, 0.15) is 5.65 Å². The highest BCUT2D eigenvalue weighted by atomic mass is 35.5. The van der Waals surface area contributed by atoms with E-state index in [0.29, 0.717) is 10.7 Å². The highest BCUT2D eigenvalue weighted by Crippen LogP contribution is 2.24. The molecule has 2 aromatic heterocycles. The van der Waals surface area contributed by atoms with E-state index in [0.717, 1.165) is 22.2 Å². The summed E-state index contributed by atoms with van der Waals surface area (Å²) in [6.07, 6.45) is 8.91. The summed E-state index contributed by atoms with van der Waals surface area (Å²) in [5, 5.41) is 4.41. The molecule has 3 aromatic rings. The third-order valence-electron chi connectivity index (χ3n) is 3.62. The lowest BCUT2D eigenvalue weighted by molar-refractivity contribution is -0.111. The van der Waals surface area contributed by atoms with E-state index < -0.39 is 0 Å². The molecule has 1 aromatic carbocycles. The van der Waals surface area contributed by atoms with E-state index in [4.69, 9.17) is 11.6 Å². The molecule has 0 fully saturated rings. The first-order valence-corrected chi connectivity index (χ1v) is 7.77. The Kier molecular flexibility index (Phi) is 4.49. The normalized spacial score (nSPS) is 11.1. The number of nitrogens with one attached hydrogen (secondary N) is 1. The average molecular weight is 338 g/mol. The van der Waals surface area contributed by atoms with Gasteiger partial charge in [0.05, 0.1) is 11.9 Å². The third kappa shape index (κ3) is 3.39. The standard InChI is InChI=1S/C19H16ClN3O/c1-3-18(24)22-16-10-17-14(12-23(2)19(17)21-11-16)7-4-13-5-8-15(20)9-6-13/h3-12H,1H2,2H3,(H,22,24)/b7-4+. The largest absolute Gasteiger partial charge is 0.335 e. The molecule has 4 nitrogen and oxygen atoms in total. The van der Waals surface area contributed by atoms with Crippen molar-refractivity contribution in [3.63, 3.8) is 0 Å². The van der Waals surface area contributed by atoms with Crippen LogP contribution in [0.4, 0.5) is 5.69 Å². The molecule has 0 radical (unpaired) electrons. The number of halogens is 1. The smallest absolute Gasteiger partial charge is 0.247 e. The SMILES string of the molecule is C=CC(=O)Nc1cnc2c(c1)c(/C=C/c1ccc(Cl)cc1)cn2C. The van der Waals surface area contributed by atoms with Crippen LogP contribution in [-0.2, 0) is 11.8 Å². The fraction of sp³-hybridized carbons (Fsp3) is 0.0526. The van der Waals surface area contributed by atoms with Crippen LogP contribution in [0.25, 0.3) is 23.2 Å². The minimum absolute atomic E-state index is 0.259. The number of fused-ring (bicyclic) bond motifs is 1. The lowest BCUT2D eigenvalue weighted by atomic mass is 10.1. The van der Waals surface area contributed by atoms with Gasteiger partial charge >= 0.3 is 0 Å². The van der Waals surface area contributed by atoms with Gasteiger partial charge < -0.3 is 9.88 Å². The number of nitrogens with zero attached hydrogens (tertiary/aromatic N) is 2. The monoisotopic (exact) mass is 337 g/mol. The number of amides is 1. The molecule has 0 spiro atoms. The number of hydrogen-bond acceptors (Lipinski definition) is 2. The number of aryl methyl sites for hydroxylation is 1. The first kappa shape index (κ1) is 16.0. The number of benzene rings is 1. The number of aromatic nitrogens is 2. The quantitative estimate of drug-likeness (QED) is 0.711. The fourth-order valence-corrected chi connectivity index (χ4v) is 2.57. The number of rotatable bonds is 4. The van der Waals surface area contributed by atoms with Crippen molar-refractivity contribution in [1.82, 2.24) is 9.55 Å². The zero-order chi connectivity index (χ0) is 17.1. The summed E-state index contributed by atoms with van der Waals surface area (Å²) in [6.45, 7) is 3.45. The first-order chi connectivity index (χ1) is 11.6. The van der Waals surface area contributed by atoms with Crippen molar-refractivity contribution in [2.75, 3.05) is 5.32 Å². The molecule has 0 bridgehead atoms. The summed E-state index contributed by atoms with van der Waals surface area (Å²) in [7, 11) is 1.94. The van der Waals surface area contributed by atoms with Gasteiger partial charge in [0.25, 0.3) is 0 Å².